The Labute approximate surface area is 108 Å². The molecule has 2 heterocycles. The van der Waals surface area contributed by atoms with Gasteiger partial charge in [0.15, 0.2) is 0 Å². The van der Waals surface area contributed by atoms with E-state index in [1.165, 1.54) is 19.4 Å². The summed E-state index contributed by atoms with van der Waals surface area (Å²) in [6.45, 7) is 4.29. The molecule has 1 aromatic heterocycles. The van der Waals surface area contributed by atoms with E-state index in [1.807, 2.05) is 6.92 Å². The van der Waals surface area contributed by atoms with Crippen LogP contribution in [-0.2, 0) is 0 Å². The van der Waals surface area contributed by atoms with Crippen molar-refractivity contribution in [3.63, 3.8) is 0 Å². The van der Waals surface area contributed by atoms with E-state index >= 15 is 0 Å². The van der Waals surface area contributed by atoms with E-state index < -0.39 is 0 Å². The third-order valence-corrected chi connectivity index (χ3v) is 3.58. The molecular weight excluding hydrogens is 236 g/mol. The smallest absolute Gasteiger partial charge is 0.224 e. The minimum Gasteiger partial charge on any atom is -0.355 e. The van der Waals surface area contributed by atoms with Gasteiger partial charge in [0.2, 0.25) is 5.28 Å². The molecular formula is C12H19ClN4. The van der Waals surface area contributed by atoms with Crippen molar-refractivity contribution in [2.75, 3.05) is 32.1 Å². The van der Waals surface area contributed by atoms with Gasteiger partial charge in [-0.3, -0.25) is 0 Å². The van der Waals surface area contributed by atoms with Crippen LogP contribution in [0.25, 0.3) is 0 Å². The quantitative estimate of drug-likeness (QED) is 0.756. The van der Waals surface area contributed by atoms with Crippen LogP contribution in [0.15, 0.2) is 6.20 Å². The van der Waals surface area contributed by atoms with Gasteiger partial charge in [-0.25, -0.2) is 9.97 Å². The second kappa shape index (κ2) is 5.19. The van der Waals surface area contributed by atoms with Crippen LogP contribution in [0.2, 0.25) is 5.28 Å². The number of piperidine rings is 1. The molecule has 0 N–H and O–H groups in total. The van der Waals surface area contributed by atoms with Crippen LogP contribution in [0, 0.1) is 6.92 Å². The summed E-state index contributed by atoms with van der Waals surface area (Å²) in [7, 11) is 4.26. The predicted molar refractivity (Wildman–Crippen MR) is 70.7 cm³/mol. The lowest BCUT2D eigenvalue weighted by molar-refractivity contribution is 0.247. The highest BCUT2D eigenvalue weighted by Crippen LogP contribution is 2.22. The number of anilines is 1. The second-order valence-corrected chi connectivity index (χ2v) is 5.15. The number of hydrogen-bond acceptors (Lipinski definition) is 4. The summed E-state index contributed by atoms with van der Waals surface area (Å²) in [6, 6.07) is 0.512. The van der Waals surface area contributed by atoms with Crippen molar-refractivity contribution < 1.29 is 0 Å². The molecule has 1 aliphatic rings. The van der Waals surface area contributed by atoms with E-state index in [0.717, 1.165) is 17.9 Å². The van der Waals surface area contributed by atoms with Gasteiger partial charge in [0.05, 0.1) is 0 Å². The highest BCUT2D eigenvalue weighted by Gasteiger charge is 2.23. The minimum absolute atomic E-state index is 0.321. The fourth-order valence-electron chi connectivity index (χ4n) is 2.40. The fourth-order valence-corrected chi connectivity index (χ4v) is 2.53. The lowest BCUT2D eigenvalue weighted by atomic mass is 10.0. The zero-order valence-electron chi connectivity index (χ0n) is 10.6. The number of aryl methyl sites for hydroxylation is 1. The van der Waals surface area contributed by atoms with E-state index in [1.54, 1.807) is 6.20 Å². The average Bonchev–Trinajstić information content (AvgIpc) is 2.31. The van der Waals surface area contributed by atoms with Gasteiger partial charge in [-0.05, 0) is 45.0 Å². The minimum atomic E-state index is 0.321. The Morgan fingerprint density at radius 1 is 1.53 bits per heavy atom. The maximum atomic E-state index is 5.87. The van der Waals surface area contributed by atoms with Gasteiger partial charge in [0, 0.05) is 31.4 Å². The van der Waals surface area contributed by atoms with E-state index in [9.17, 15) is 0 Å². The number of likely N-dealkylation sites (N-methyl/N-ethyl adjacent to an activating group) is 2. The Morgan fingerprint density at radius 3 is 3.00 bits per heavy atom. The Bertz CT molecular complexity index is 396. The largest absolute Gasteiger partial charge is 0.355 e. The third kappa shape index (κ3) is 2.87. The van der Waals surface area contributed by atoms with Gasteiger partial charge < -0.3 is 9.80 Å². The molecule has 1 saturated heterocycles. The Hall–Kier alpha value is -0.870. The zero-order valence-corrected chi connectivity index (χ0v) is 11.4. The van der Waals surface area contributed by atoms with Gasteiger partial charge in [0.1, 0.15) is 5.82 Å². The molecule has 94 valence electrons. The van der Waals surface area contributed by atoms with Gasteiger partial charge in [-0.1, -0.05) is 0 Å². The topological polar surface area (TPSA) is 32.3 Å². The van der Waals surface area contributed by atoms with Crippen molar-refractivity contribution in [3.8, 4) is 0 Å². The highest BCUT2D eigenvalue weighted by atomic mass is 35.5. The van der Waals surface area contributed by atoms with Crippen LogP contribution in [-0.4, -0.2) is 48.1 Å². The maximum absolute atomic E-state index is 5.87. The Balaban J connectivity index is 2.18. The lowest BCUT2D eigenvalue weighted by Crippen LogP contribution is -2.45. The van der Waals surface area contributed by atoms with E-state index in [2.05, 4.69) is 33.9 Å². The number of halogens is 1. The van der Waals surface area contributed by atoms with Crippen molar-refractivity contribution in [2.24, 2.45) is 0 Å². The standard InChI is InChI=1S/C12H19ClN4/c1-9-7-14-12(13)15-11(9)17(3)10-5-4-6-16(2)8-10/h7,10H,4-6,8H2,1-3H3. The van der Waals surface area contributed by atoms with Crippen LogP contribution in [0.5, 0.6) is 0 Å². The van der Waals surface area contributed by atoms with Crippen molar-refractivity contribution >= 4 is 17.4 Å². The molecule has 1 unspecified atom stereocenters. The summed E-state index contributed by atoms with van der Waals surface area (Å²) in [5.74, 6) is 0.949. The van der Waals surface area contributed by atoms with Crippen molar-refractivity contribution in [2.45, 2.75) is 25.8 Å². The number of hydrogen-bond donors (Lipinski definition) is 0. The first kappa shape index (κ1) is 12.6. The second-order valence-electron chi connectivity index (χ2n) is 4.81. The fraction of sp³-hybridized carbons (Fsp3) is 0.667. The first-order valence-corrected chi connectivity index (χ1v) is 6.36. The Morgan fingerprint density at radius 2 is 2.29 bits per heavy atom. The SMILES string of the molecule is Cc1cnc(Cl)nc1N(C)C1CCCN(C)C1. The molecule has 0 bridgehead atoms. The number of likely N-dealkylation sites (tertiary alicyclic amines) is 1. The van der Waals surface area contributed by atoms with Crippen LogP contribution in [0.1, 0.15) is 18.4 Å². The average molecular weight is 255 g/mol. The first-order chi connectivity index (χ1) is 8.08. The van der Waals surface area contributed by atoms with Crippen LogP contribution in [0.4, 0.5) is 5.82 Å². The molecule has 0 amide bonds. The van der Waals surface area contributed by atoms with Gasteiger partial charge in [-0.2, -0.15) is 0 Å². The number of nitrogens with zero attached hydrogens (tertiary/aromatic N) is 4. The van der Waals surface area contributed by atoms with Crippen molar-refractivity contribution in [1.29, 1.82) is 0 Å². The Kier molecular flexibility index (Phi) is 3.84. The zero-order chi connectivity index (χ0) is 12.4. The molecule has 17 heavy (non-hydrogen) atoms. The molecule has 2 rings (SSSR count). The third-order valence-electron chi connectivity index (χ3n) is 3.40. The monoisotopic (exact) mass is 254 g/mol. The molecule has 0 radical (unpaired) electrons. The van der Waals surface area contributed by atoms with E-state index in [0.29, 0.717) is 11.3 Å². The maximum Gasteiger partial charge on any atom is 0.224 e. The molecule has 1 aromatic rings. The molecule has 5 heteroatoms. The predicted octanol–water partition coefficient (Wildman–Crippen LogP) is 1.97. The molecule has 1 fully saturated rings. The summed E-state index contributed by atoms with van der Waals surface area (Å²) >= 11 is 5.87. The van der Waals surface area contributed by atoms with Crippen LogP contribution in [0.3, 0.4) is 0 Å². The molecule has 0 aromatic carbocycles. The molecule has 0 spiro atoms. The molecule has 0 saturated carbocycles. The van der Waals surface area contributed by atoms with E-state index in [-0.39, 0.29) is 0 Å². The number of aromatic nitrogens is 2. The highest BCUT2D eigenvalue weighted by molar-refractivity contribution is 6.28. The summed E-state index contributed by atoms with van der Waals surface area (Å²) < 4.78 is 0. The van der Waals surface area contributed by atoms with Crippen molar-refractivity contribution in [1.82, 2.24) is 14.9 Å². The molecule has 4 nitrogen and oxygen atoms in total. The normalized spacial score (nSPS) is 21.5. The molecule has 0 aliphatic carbocycles. The van der Waals surface area contributed by atoms with Gasteiger partial charge in [0.25, 0.3) is 0 Å². The number of rotatable bonds is 2. The van der Waals surface area contributed by atoms with Crippen LogP contribution < -0.4 is 4.90 Å². The first-order valence-electron chi connectivity index (χ1n) is 5.98. The summed E-state index contributed by atoms with van der Waals surface area (Å²) in [4.78, 5) is 12.9. The molecule has 1 atom stereocenters. The van der Waals surface area contributed by atoms with E-state index in [4.69, 9.17) is 11.6 Å². The van der Waals surface area contributed by atoms with Gasteiger partial charge >= 0.3 is 0 Å². The van der Waals surface area contributed by atoms with Gasteiger partial charge in [-0.15, -0.1) is 0 Å². The summed E-state index contributed by atoms with van der Waals surface area (Å²) in [5.41, 5.74) is 1.07. The summed E-state index contributed by atoms with van der Waals surface area (Å²) in [5, 5.41) is 0.321. The van der Waals surface area contributed by atoms with Crippen molar-refractivity contribution in [3.05, 3.63) is 17.0 Å². The lowest BCUT2D eigenvalue weighted by Gasteiger charge is -2.36. The van der Waals surface area contributed by atoms with Crippen LogP contribution >= 0.6 is 11.6 Å². The summed E-state index contributed by atoms with van der Waals surface area (Å²) in [6.07, 6.45) is 4.24. The molecule has 1 aliphatic heterocycles.